The minimum absolute atomic E-state index is 0.103. The van der Waals surface area contributed by atoms with Crippen LogP contribution >= 0.6 is 11.3 Å². The van der Waals surface area contributed by atoms with Crippen LogP contribution in [0, 0.1) is 11.3 Å². The van der Waals surface area contributed by atoms with Gasteiger partial charge in [-0.1, -0.05) is 0 Å². The van der Waals surface area contributed by atoms with Crippen molar-refractivity contribution in [1.82, 2.24) is 0 Å². The monoisotopic (exact) mass is 278 g/mol. The quantitative estimate of drug-likeness (QED) is 0.899. The second-order valence-electron chi connectivity index (χ2n) is 5.08. The number of aryl methyl sites for hydroxylation is 1. The van der Waals surface area contributed by atoms with Crippen LogP contribution in [-0.2, 0) is 17.6 Å². The molecule has 1 aromatic rings. The molecule has 4 nitrogen and oxygen atoms in total. The fraction of sp³-hybridized carbons (Fsp3) is 0.571. The number of carbonyl (C=O) groups is 1. The van der Waals surface area contributed by atoms with Gasteiger partial charge in [0.25, 0.3) is 0 Å². The first-order valence-electron chi connectivity index (χ1n) is 6.57. The molecule has 0 bridgehead atoms. The summed E-state index contributed by atoms with van der Waals surface area (Å²) in [5, 5.41) is 19.2. The largest absolute Gasteiger partial charge is 0.481 e. The van der Waals surface area contributed by atoms with Gasteiger partial charge >= 0.3 is 5.97 Å². The lowest BCUT2D eigenvalue weighted by molar-refractivity contribution is -0.136. The summed E-state index contributed by atoms with van der Waals surface area (Å²) in [7, 11) is 0. The molecule has 0 amide bonds. The summed E-state index contributed by atoms with van der Waals surface area (Å²) >= 11 is 1.67. The molecular weight excluding hydrogens is 260 g/mol. The Morgan fingerprint density at radius 1 is 1.53 bits per heavy atom. The SMILES string of the molecule is CC(C)N(CCC(=O)O)c1sc2c(c1C#N)CCC2. The zero-order valence-electron chi connectivity index (χ0n) is 11.3. The summed E-state index contributed by atoms with van der Waals surface area (Å²) in [6.45, 7) is 4.53. The van der Waals surface area contributed by atoms with E-state index in [0.29, 0.717) is 6.54 Å². The molecule has 0 fully saturated rings. The lowest BCUT2D eigenvalue weighted by Gasteiger charge is -2.27. The molecule has 0 saturated carbocycles. The van der Waals surface area contributed by atoms with Gasteiger partial charge in [0, 0.05) is 17.5 Å². The van der Waals surface area contributed by atoms with Gasteiger partial charge < -0.3 is 10.0 Å². The standard InChI is InChI=1S/C14H18N2O2S/c1-9(2)16(7-6-13(17)18)14-11(8-15)10-4-3-5-12(10)19-14/h9H,3-7H2,1-2H3,(H,17,18). The van der Waals surface area contributed by atoms with Crippen LogP contribution in [0.3, 0.4) is 0 Å². The molecule has 1 aliphatic carbocycles. The molecule has 0 unspecified atom stereocenters. The Kier molecular flexibility index (Phi) is 4.11. The van der Waals surface area contributed by atoms with Crippen LogP contribution in [0.15, 0.2) is 0 Å². The number of hydrogen-bond donors (Lipinski definition) is 1. The van der Waals surface area contributed by atoms with Crippen molar-refractivity contribution in [2.75, 3.05) is 11.4 Å². The molecule has 1 aromatic heterocycles. The Balaban J connectivity index is 2.32. The van der Waals surface area contributed by atoms with Crippen LogP contribution in [-0.4, -0.2) is 23.7 Å². The van der Waals surface area contributed by atoms with Gasteiger partial charge in [-0.3, -0.25) is 4.79 Å². The van der Waals surface area contributed by atoms with E-state index >= 15 is 0 Å². The number of fused-ring (bicyclic) bond motifs is 1. The van der Waals surface area contributed by atoms with Crippen LogP contribution in [0.1, 0.15) is 42.7 Å². The lowest BCUT2D eigenvalue weighted by atomic mass is 10.1. The molecule has 5 heteroatoms. The van der Waals surface area contributed by atoms with E-state index in [-0.39, 0.29) is 12.5 Å². The smallest absolute Gasteiger partial charge is 0.305 e. The molecule has 2 rings (SSSR count). The van der Waals surface area contributed by atoms with Crippen molar-refractivity contribution in [2.45, 2.75) is 45.6 Å². The van der Waals surface area contributed by atoms with Gasteiger partial charge in [-0.05, 0) is 38.7 Å². The summed E-state index contributed by atoms with van der Waals surface area (Å²) < 4.78 is 0. The first-order chi connectivity index (χ1) is 9.04. The normalized spacial score (nSPS) is 13.4. The summed E-state index contributed by atoms with van der Waals surface area (Å²) in [6.07, 6.45) is 3.28. The number of carboxylic acids is 1. The molecular formula is C14H18N2O2S. The van der Waals surface area contributed by atoms with Crippen LogP contribution in [0.25, 0.3) is 0 Å². The number of nitriles is 1. The summed E-state index contributed by atoms with van der Waals surface area (Å²) in [6, 6.07) is 2.52. The van der Waals surface area contributed by atoms with E-state index in [1.54, 1.807) is 11.3 Å². The second kappa shape index (κ2) is 5.62. The van der Waals surface area contributed by atoms with E-state index < -0.39 is 5.97 Å². The highest BCUT2D eigenvalue weighted by atomic mass is 32.1. The number of rotatable bonds is 5. The van der Waals surface area contributed by atoms with E-state index in [1.165, 1.54) is 10.4 Å². The summed E-state index contributed by atoms with van der Waals surface area (Å²) in [4.78, 5) is 14.1. The molecule has 19 heavy (non-hydrogen) atoms. The molecule has 1 heterocycles. The zero-order chi connectivity index (χ0) is 14.0. The first-order valence-corrected chi connectivity index (χ1v) is 7.39. The number of thiophene rings is 1. The molecule has 102 valence electrons. The molecule has 0 saturated heterocycles. The first kappa shape index (κ1) is 13.9. The molecule has 0 aliphatic heterocycles. The topological polar surface area (TPSA) is 64.3 Å². The molecule has 1 aliphatic rings. The van der Waals surface area contributed by atoms with Gasteiger partial charge in [-0.15, -0.1) is 11.3 Å². The van der Waals surface area contributed by atoms with Crippen LogP contribution < -0.4 is 4.90 Å². The maximum absolute atomic E-state index is 10.8. The van der Waals surface area contributed by atoms with Gasteiger partial charge in [0.15, 0.2) is 0 Å². The van der Waals surface area contributed by atoms with Crippen molar-refractivity contribution in [2.24, 2.45) is 0 Å². The molecule has 0 atom stereocenters. The fourth-order valence-electron chi connectivity index (χ4n) is 2.52. The summed E-state index contributed by atoms with van der Waals surface area (Å²) in [5.74, 6) is -0.798. The maximum atomic E-state index is 10.8. The Labute approximate surface area is 117 Å². The third kappa shape index (κ3) is 2.74. The summed E-state index contributed by atoms with van der Waals surface area (Å²) in [5.41, 5.74) is 1.97. The highest BCUT2D eigenvalue weighted by Crippen LogP contribution is 2.41. The third-order valence-electron chi connectivity index (χ3n) is 3.47. The van der Waals surface area contributed by atoms with Crippen molar-refractivity contribution in [3.05, 3.63) is 16.0 Å². The zero-order valence-corrected chi connectivity index (χ0v) is 12.1. The predicted molar refractivity (Wildman–Crippen MR) is 75.8 cm³/mol. The van der Waals surface area contributed by atoms with Gasteiger partial charge in [-0.25, -0.2) is 0 Å². The van der Waals surface area contributed by atoms with Crippen molar-refractivity contribution < 1.29 is 9.90 Å². The number of nitrogens with zero attached hydrogens (tertiary/aromatic N) is 2. The Morgan fingerprint density at radius 2 is 2.26 bits per heavy atom. The minimum Gasteiger partial charge on any atom is -0.481 e. The number of carboxylic acid groups (broad SMARTS) is 1. The molecule has 0 radical (unpaired) electrons. The third-order valence-corrected chi connectivity index (χ3v) is 4.79. The molecule has 0 aromatic carbocycles. The number of anilines is 1. The Morgan fingerprint density at radius 3 is 2.84 bits per heavy atom. The second-order valence-corrected chi connectivity index (χ2v) is 6.16. The highest BCUT2D eigenvalue weighted by molar-refractivity contribution is 7.16. The fourth-order valence-corrected chi connectivity index (χ4v) is 4.02. The van der Waals surface area contributed by atoms with Gasteiger partial charge in [-0.2, -0.15) is 5.26 Å². The van der Waals surface area contributed by atoms with Gasteiger partial charge in [0.1, 0.15) is 11.1 Å². The Hall–Kier alpha value is -1.54. The van der Waals surface area contributed by atoms with Gasteiger partial charge in [0.2, 0.25) is 0 Å². The van der Waals surface area contributed by atoms with Crippen LogP contribution in [0.2, 0.25) is 0 Å². The van der Waals surface area contributed by atoms with Crippen LogP contribution in [0.4, 0.5) is 5.00 Å². The van der Waals surface area contributed by atoms with Crippen molar-refractivity contribution in [1.29, 1.82) is 5.26 Å². The minimum atomic E-state index is -0.798. The van der Waals surface area contributed by atoms with Crippen molar-refractivity contribution in [3.63, 3.8) is 0 Å². The molecule has 0 spiro atoms. The van der Waals surface area contributed by atoms with E-state index in [9.17, 15) is 10.1 Å². The van der Waals surface area contributed by atoms with E-state index in [0.717, 1.165) is 29.8 Å². The van der Waals surface area contributed by atoms with Gasteiger partial charge in [0.05, 0.1) is 12.0 Å². The lowest BCUT2D eigenvalue weighted by Crippen LogP contribution is -2.32. The van der Waals surface area contributed by atoms with E-state index in [1.807, 2.05) is 13.8 Å². The predicted octanol–water partition coefficient (Wildman–Crippen LogP) is 2.80. The van der Waals surface area contributed by atoms with Crippen molar-refractivity contribution in [3.8, 4) is 6.07 Å². The molecule has 1 N–H and O–H groups in total. The highest BCUT2D eigenvalue weighted by Gasteiger charge is 2.26. The number of aliphatic carboxylic acids is 1. The van der Waals surface area contributed by atoms with E-state index in [4.69, 9.17) is 5.11 Å². The van der Waals surface area contributed by atoms with Crippen molar-refractivity contribution >= 4 is 22.3 Å². The number of hydrogen-bond acceptors (Lipinski definition) is 4. The maximum Gasteiger partial charge on any atom is 0.305 e. The average Bonchev–Trinajstić information content (AvgIpc) is 2.88. The van der Waals surface area contributed by atoms with Crippen LogP contribution in [0.5, 0.6) is 0 Å². The average molecular weight is 278 g/mol. The van der Waals surface area contributed by atoms with E-state index in [2.05, 4.69) is 11.0 Å². The Bertz CT molecular complexity index is 528.